The van der Waals surface area contributed by atoms with Crippen LogP contribution in [0.3, 0.4) is 0 Å². The third-order valence-electron chi connectivity index (χ3n) is 7.61. The van der Waals surface area contributed by atoms with Gasteiger partial charge < -0.3 is 14.5 Å². The number of ether oxygens (including phenoxy) is 1. The van der Waals surface area contributed by atoms with Gasteiger partial charge in [0.15, 0.2) is 5.78 Å². The second-order valence-corrected chi connectivity index (χ2v) is 10.6. The van der Waals surface area contributed by atoms with Gasteiger partial charge in [-0.2, -0.15) is 0 Å². The van der Waals surface area contributed by atoms with E-state index in [9.17, 15) is 22.4 Å². The molecule has 2 aromatic carbocycles. The number of pyridine rings is 1. The molecule has 1 saturated heterocycles. The van der Waals surface area contributed by atoms with Gasteiger partial charge in [0.05, 0.1) is 11.4 Å². The van der Waals surface area contributed by atoms with Gasteiger partial charge in [-0.05, 0) is 74.7 Å². The molecule has 0 aliphatic carbocycles. The van der Waals surface area contributed by atoms with Crippen LogP contribution in [0.25, 0.3) is 5.65 Å². The Morgan fingerprint density at radius 3 is 2.30 bits per heavy atom. The van der Waals surface area contributed by atoms with Crippen molar-refractivity contribution in [3.63, 3.8) is 0 Å². The standard InChI is InChI=1S/C31H31F5N4O2.ClH/c1-4-26-30(38-14-13-22(32)16-29(38)37-26)28(41)12-6-21-5-11-27(25(33)15-21)40-18-19(2)39(17-20(40)3)23-7-9-24(10-8-23)42-31(34,35)36;/h5,7-11,13-16,19-20H,4,6,12,17-18H2,1-3H3;1H/t19-,20+;/m0./s1. The number of benzene rings is 2. The number of carbonyl (C=O) groups is 1. The summed E-state index contributed by atoms with van der Waals surface area (Å²) >= 11 is 0. The summed E-state index contributed by atoms with van der Waals surface area (Å²) in [6, 6.07) is 13.2. The Morgan fingerprint density at radius 2 is 1.65 bits per heavy atom. The van der Waals surface area contributed by atoms with Gasteiger partial charge in [0.2, 0.25) is 0 Å². The van der Waals surface area contributed by atoms with E-state index in [0.29, 0.717) is 54.2 Å². The van der Waals surface area contributed by atoms with Gasteiger partial charge in [0.25, 0.3) is 0 Å². The minimum absolute atomic E-state index is 0. The maximum absolute atomic E-state index is 15.4. The van der Waals surface area contributed by atoms with E-state index in [1.165, 1.54) is 36.5 Å². The highest BCUT2D eigenvalue weighted by Crippen LogP contribution is 2.32. The van der Waals surface area contributed by atoms with Crippen LogP contribution in [0, 0.1) is 11.6 Å². The van der Waals surface area contributed by atoms with Crippen LogP contribution in [0.5, 0.6) is 5.75 Å². The fraction of sp³-hybridized carbons (Fsp3) is 0.355. The van der Waals surface area contributed by atoms with Gasteiger partial charge in [-0.1, -0.05) is 13.0 Å². The first-order valence-electron chi connectivity index (χ1n) is 13.8. The van der Waals surface area contributed by atoms with Crippen molar-refractivity contribution in [2.24, 2.45) is 0 Å². The summed E-state index contributed by atoms with van der Waals surface area (Å²) in [5.41, 5.74) is 3.29. The van der Waals surface area contributed by atoms with Crippen LogP contribution in [0.15, 0.2) is 60.8 Å². The molecule has 43 heavy (non-hydrogen) atoms. The van der Waals surface area contributed by atoms with Crippen LogP contribution in [0.4, 0.5) is 33.3 Å². The molecule has 0 bridgehead atoms. The third kappa shape index (κ3) is 7.04. The van der Waals surface area contributed by atoms with Gasteiger partial charge in [-0.15, -0.1) is 25.6 Å². The fourth-order valence-electron chi connectivity index (χ4n) is 5.59. The van der Waals surface area contributed by atoms with Crippen molar-refractivity contribution in [1.29, 1.82) is 0 Å². The summed E-state index contributed by atoms with van der Waals surface area (Å²) in [6.45, 7) is 6.88. The van der Waals surface area contributed by atoms with Crippen LogP contribution in [0.2, 0.25) is 0 Å². The van der Waals surface area contributed by atoms with Crippen molar-refractivity contribution in [3.8, 4) is 5.75 Å². The first kappa shape index (κ1) is 32.1. The van der Waals surface area contributed by atoms with Crippen molar-refractivity contribution in [1.82, 2.24) is 9.38 Å². The van der Waals surface area contributed by atoms with Crippen molar-refractivity contribution in [3.05, 3.63) is 89.4 Å². The Balaban J connectivity index is 0.00000423. The maximum atomic E-state index is 15.4. The molecule has 1 fully saturated rings. The molecule has 0 N–H and O–H groups in total. The first-order chi connectivity index (χ1) is 19.9. The number of hydrogen-bond donors (Lipinski definition) is 0. The highest BCUT2D eigenvalue weighted by Gasteiger charge is 2.33. The van der Waals surface area contributed by atoms with E-state index in [4.69, 9.17) is 0 Å². The monoisotopic (exact) mass is 622 g/mol. The van der Waals surface area contributed by atoms with Gasteiger partial charge in [0.1, 0.15) is 28.7 Å². The van der Waals surface area contributed by atoms with E-state index in [0.717, 1.165) is 5.69 Å². The quantitative estimate of drug-likeness (QED) is 0.151. The summed E-state index contributed by atoms with van der Waals surface area (Å²) in [5.74, 6) is -1.25. The Kier molecular flexibility index (Phi) is 9.54. The zero-order chi connectivity index (χ0) is 30.2. The van der Waals surface area contributed by atoms with Crippen LogP contribution < -0.4 is 14.5 Å². The van der Waals surface area contributed by atoms with Crippen LogP contribution in [-0.4, -0.2) is 46.7 Å². The van der Waals surface area contributed by atoms with Crippen LogP contribution in [-0.2, 0) is 12.8 Å². The summed E-state index contributed by atoms with van der Waals surface area (Å²) in [7, 11) is 0. The second kappa shape index (κ2) is 12.8. The minimum atomic E-state index is -4.75. The molecule has 3 heterocycles. The second-order valence-electron chi connectivity index (χ2n) is 10.6. The lowest BCUT2D eigenvalue weighted by atomic mass is 10.0. The zero-order valence-electron chi connectivity index (χ0n) is 23.9. The molecule has 0 saturated carbocycles. The Labute approximate surface area is 252 Å². The molecule has 0 amide bonds. The number of rotatable bonds is 8. The summed E-state index contributed by atoms with van der Waals surface area (Å²) in [5, 5.41) is 0. The summed E-state index contributed by atoms with van der Waals surface area (Å²) in [4.78, 5) is 21.6. The van der Waals surface area contributed by atoms with Crippen molar-refractivity contribution < 1.29 is 31.5 Å². The van der Waals surface area contributed by atoms with Gasteiger partial charge in [-0.25, -0.2) is 13.8 Å². The molecule has 0 unspecified atom stereocenters. The number of ketones is 1. The minimum Gasteiger partial charge on any atom is -0.406 e. The van der Waals surface area contributed by atoms with E-state index < -0.39 is 12.2 Å². The number of Topliss-reactive ketones (excluding diaryl/α,β-unsaturated/α-hetero) is 1. The molecule has 6 nitrogen and oxygen atoms in total. The Morgan fingerprint density at radius 1 is 0.977 bits per heavy atom. The van der Waals surface area contributed by atoms with E-state index in [2.05, 4.69) is 14.6 Å². The lowest BCUT2D eigenvalue weighted by molar-refractivity contribution is -0.274. The average molecular weight is 623 g/mol. The number of fused-ring (bicyclic) bond motifs is 1. The molecule has 230 valence electrons. The number of aryl methyl sites for hydroxylation is 2. The molecule has 0 radical (unpaired) electrons. The van der Waals surface area contributed by atoms with Crippen molar-refractivity contribution in [2.75, 3.05) is 22.9 Å². The molecule has 5 rings (SSSR count). The van der Waals surface area contributed by atoms with E-state index in [-0.39, 0.29) is 48.3 Å². The zero-order valence-corrected chi connectivity index (χ0v) is 24.7. The molecule has 1 aliphatic rings. The highest BCUT2D eigenvalue weighted by atomic mass is 35.5. The number of carbonyl (C=O) groups excluding carboxylic acids is 1. The number of halogens is 6. The molecular formula is C31H32ClF5N4O2. The Bertz CT molecular complexity index is 1590. The van der Waals surface area contributed by atoms with Crippen molar-refractivity contribution >= 4 is 35.2 Å². The van der Waals surface area contributed by atoms with Gasteiger partial charge >= 0.3 is 6.36 Å². The predicted molar refractivity (Wildman–Crippen MR) is 158 cm³/mol. The molecule has 4 aromatic rings. The third-order valence-corrected chi connectivity index (χ3v) is 7.61. The van der Waals surface area contributed by atoms with Crippen LogP contribution in [0.1, 0.15) is 48.9 Å². The lowest BCUT2D eigenvalue weighted by Gasteiger charge is -2.46. The first-order valence-corrected chi connectivity index (χ1v) is 13.8. The number of aromatic nitrogens is 2. The molecular weight excluding hydrogens is 591 g/mol. The number of nitrogens with zero attached hydrogens (tertiary/aromatic N) is 4. The smallest absolute Gasteiger partial charge is 0.406 e. The molecule has 1 aliphatic heterocycles. The van der Waals surface area contributed by atoms with E-state index in [1.54, 1.807) is 22.6 Å². The topological polar surface area (TPSA) is 50.1 Å². The Hall–Kier alpha value is -3.86. The summed E-state index contributed by atoms with van der Waals surface area (Å²) < 4.78 is 72.1. The number of alkyl halides is 3. The number of hydrogen-bond acceptors (Lipinski definition) is 5. The lowest BCUT2D eigenvalue weighted by Crippen LogP contribution is -2.57. The van der Waals surface area contributed by atoms with E-state index >= 15 is 4.39 Å². The maximum Gasteiger partial charge on any atom is 0.573 e. The number of anilines is 2. The normalized spacial score (nSPS) is 17.2. The van der Waals surface area contributed by atoms with E-state index in [1.807, 2.05) is 31.7 Å². The van der Waals surface area contributed by atoms with Gasteiger partial charge in [-0.3, -0.25) is 9.20 Å². The van der Waals surface area contributed by atoms with Crippen molar-refractivity contribution in [2.45, 2.75) is 58.5 Å². The molecule has 0 spiro atoms. The highest BCUT2D eigenvalue weighted by molar-refractivity contribution is 5.96. The fourth-order valence-corrected chi connectivity index (χ4v) is 5.59. The number of imidazole rings is 1. The molecule has 12 heteroatoms. The molecule has 2 atom stereocenters. The average Bonchev–Trinajstić information content (AvgIpc) is 3.30. The SMILES string of the molecule is CCc1nc2cc(F)ccn2c1C(=O)CCc1ccc(N2C[C@H](C)N(c3ccc(OC(F)(F)F)cc3)C[C@H]2C)c(F)c1.Cl. The molecule has 2 aromatic heterocycles. The summed E-state index contributed by atoms with van der Waals surface area (Å²) in [6.07, 6.45) is -2.25. The largest absolute Gasteiger partial charge is 0.573 e. The number of piperazine rings is 1. The predicted octanol–water partition coefficient (Wildman–Crippen LogP) is 7.41. The van der Waals surface area contributed by atoms with Gasteiger partial charge in [0, 0.05) is 49.5 Å². The van der Waals surface area contributed by atoms with Crippen LogP contribution >= 0.6 is 12.4 Å².